The normalized spacial score (nSPS) is 16.7. The van der Waals surface area contributed by atoms with Crippen LogP contribution in [0, 0.1) is 6.92 Å². The Hall–Kier alpha value is -3.23. The van der Waals surface area contributed by atoms with E-state index in [0.717, 1.165) is 39.4 Å². The quantitative estimate of drug-likeness (QED) is 0.459. The Balaban J connectivity index is 1.66. The summed E-state index contributed by atoms with van der Waals surface area (Å²) in [5, 5.41) is 10.6. The predicted octanol–water partition coefficient (Wildman–Crippen LogP) is 3.59. The SMILES string of the molecule is COCC(=O)N1CCN(c2nc3cc(Cl)ccc3c3nnc(-c4ccccc4C)n23)C[C@@H]1C. The summed E-state index contributed by atoms with van der Waals surface area (Å²) in [6, 6.07) is 13.8. The molecule has 1 atom stereocenters. The van der Waals surface area contributed by atoms with Gasteiger partial charge < -0.3 is 14.5 Å². The highest BCUT2D eigenvalue weighted by atomic mass is 35.5. The van der Waals surface area contributed by atoms with Crippen LogP contribution in [-0.4, -0.2) is 69.8 Å². The van der Waals surface area contributed by atoms with Crippen molar-refractivity contribution >= 4 is 40.0 Å². The fraction of sp³-hybridized carbons (Fsp3) is 0.333. The largest absolute Gasteiger partial charge is 0.375 e. The van der Waals surface area contributed by atoms with Crippen LogP contribution in [0.3, 0.4) is 0 Å². The third-order valence-electron chi connectivity index (χ3n) is 6.17. The molecule has 4 aromatic rings. The summed E-state index contributed by atoms with van der Waals surface area (Å²) < 4.78 is 7.07. The first-order chi connectivity index (χ1) is 16.0. The first-order valence-electron chi connectivity index (χ1n) is 10.9. The molecule has 0 saturated carbocycles. The number of benzene rings is 2. The number of amides is 1. The van der Waals surface area contributed by atoms with E-state index in [9.17, 15) is 4.79 Å². The van der Waals surface area contributed by atoms with Crippen molar-refractivity contribution in [3.63, 3.8) is 0 Å². The maximum absolute atomic E-state index is 12.4. The summed E-state index contributed by atoms with van der Waals surface area (Å²) in [6.07, 6.45) is 0. The number of nitrogens with zero attached hydrogens (tertiary/aromatic N) is 6. The van der Waals surface area contributed by atoms with Crippen LogP contribution in [-0.2, 0) is 9.53 Å². The van der Waals surface area contributed by atoms with E-state index in [1.165, 1.54) is 0 Å². The standard InChI is InChI=1S/C24H25ClN6O2/c1-15-6-4-5-7-18(15)22-27-28-23-19-9-8-17(25)12-20(19)26-24(31(22)23)29-10-11-30(16(2)13-29)21(32)14-33-3/h4-9,12,16H,10-11,13-14H2,1-3H3/t16-/m0/s1. The number of hydrogen-bond donors (Lipinski definition) is 0. The summed E-state index contributed by atoms with van der Waals surface area (Å²) in [5.74, 6) is 1.49. The Kier molecular flexibility index (Phi) is 5.64. The van der Waals surface area contributed by atoms with Crippen LogP contribution in [0.5, 0.6) is 0 Å². The van der Waals surface area contributed by atoms with E-state index in [1.54, 1.807) is 7.11 Å². The fourth-order valence-corrected chi connectivity index (χ4v) is 4.69. The van der Waals surface area contributed by atoms with Crippen molar-refractivity contribution in [3.05, 3.63) is 53.1 Å². The van der Waals surface area contributed by atoms with Gasteiger partial charge in [-0.25, -0.2) is 9.38 Å². The Bertz CT molecular complexity index is 1350. The van der Waals surface area contributed by atoms with E-state index in [2.05, 4.69) is 28.1 Å². The number of carbonyl (C=O) groups excluding carboxylic acids is 1. The molecule has 9 heteroatoms. The van der Waals surface area contributed by atoms with Crippen molar-refractivity contribution in [1.82, 2.24) is 24.5 Å². The van der Waals surface area contributed by atoms with Gasteiger partial charge in [0, 0.05) is 48.8 Å². The van der Waals surface area contributed by atoms with Gasteiger partial charge in [-0.1, -0.05) is 35.9 Å². The van der Waals surface area contributed by atoms with Crippen molar-refractivity contribution in [2.45, 2.75) is 19.9 Å². The molecule has 1 aliphatic rings. The summed E-state index contributed by atoms with van der Waals surface area (Å²) in [6.45, 7) is 6.05. The molecule has 3 heterocycles. The molecule has 0 spiro atoms. The monoisotopic (exact) mass is 464 g/mol. The maximum atomic E-state index is 12.4. The molecular formula is C24H25ClN6O2. The Morgan fingerprint density at radius 3 is 2.76 bits per heavy atom. The van der Waals surface area contributed by atoms with Crippen LogP contribution in [0.15, 0.2) is 42.5 Å². The number of halogens is 1. The first-order valence-corrected chi connectivity index (χ1v) is 11.3. The minimum Gasteiger partial charge on any atom is -0.375 e. The highest BCUT2D eigenvalue weighted by Gasteiger charge is 2.30. The van der Waals surface area contributed by atoms with Gasteiger partial charge >= 0.3 is 0 Å². The molecule has 1 fully saturated rings. The average molecular weight is 465 g/mol. The van der Waals surface area contributed by atoms with Gasteiger partial charge in [0.25, 0.3) is 0 Å². The number of rotatable bonds is 4. The minimum atomic E-state index is -0.00190. The van der Waals surface area contributed by atoms with Crippen molar-refractivity contribution in [2.24, 2.45) is 0 Å². The number of ether oxygens (including phenoxy) is 1. The van der Waals surface area contributed by atoms with Crippen LogP contribution in [0.2, 0.25) is 5.02 Å². The van der Waals surface area contributed by atoms with Gasteiger partial charge in [0.15, 0.2) is 11.5 Å². The zero-order chi connectivity index (χ0) is 23.1. The molecule has 0 radical (unpaired) electrons. The van der Waals surface area contributed by atoms with Crippen molar-refractivity contribution < 1.29 is 9.53 Å². The third-order valence-corrected chi connectivity index (χ3v) is 6.40. The lowest BCUT2D eigenvalue weighted by molar-refractivity contribution is -0.137. The number of aromatic nitrogens is 4. The van der Waals surface area contributed by atoms with Gasteiger partial charge in [-0.05, 0) is 37.6 Å². The second kappa shape index (κ2) is 8.61. The number of anilines is 1. The van der Waals surface area contributed by atoms with Crippen LogP contribution in [0.1, 0.15) is 12.5 Å². The van der Waals surface area contributed by atoms with Crippen LogP contribution < -0.4 is 4.90 Å². The van der Waals surface area contributed by atoms with Gasteiger partial charge in [0.1, 0.15) is 6.61 Å². The van der Waals surface area contributed by atoms with Gasteiger partial charge in [0.2, 0.25) is 11.9 Å². The topological polar surface area (TPSA) is 75.9 Å². The lowest BCUT2D eigenvalue weighted by atomic mass is 10.1. The number of hydrogen-bond acceptors (Lipinski definition) is 6. The van der Waals surface area contributed by atoms with Gasteiger partial charge in [-0.15, -0.1) is 10.2 Å². The molecule has 0 bridgehead atoms. The van der Waals surface area contributed by atoms with E-state index in [4.69, 9.17) is 21.3 Å². The molecule has 1 amide bonds. The zero-order valence-electron chi connectivity index (χ0n) is 18.8. The van der Waals surface area contributed by atoms with Crippen LogP contribution in [0.25, 0.3) is 27.9 Å². The smallest absolute Gasteiger partial charge is 0.248 e. The number of aryl methyl sites for hydroxylation is 1. The second-order valence-electron chi connectivity index (χ2n) is 8.39. The molecule has 33 heavy (non-hydrogen) atoms. The van der Waals surface area contributed by atoms with E-state index in [0.29, 0.717) is 24.7 Å². The predicted molar refractivity (Wildman–Crippen MR) is 129 cm³/mol. The van der Waals surface area contributed by atoms with Crippen molar-refractivity contribution in [2.75, 3.05) is 38.3 Å². The average Bonchev–Trinajstić information content (AvgIpc) is 3.23. The fourth-order valence-electron chi connectivity index (χ4n) is 4.52. The Morgan fingerprint density at radius 2 is 2.00 bits per heavy atom. The highest BCUT2D eigenvalue weighted by Crippen LogP contribution is 2.31. The van der Waals surface area contributed by atoms with E-state index < -0.39 is 0 Å². The first kappa shape index (κ1) is 21.6. The summed E-state index contributed by atoms with van der Waals surface area (Å²) in [7, 11) is 1.54. The molecule has 0 N–H and O–H groups in total. The molecular weight excluding hydrogens is 440 g/mol. The number of fused-ring (bicyclic) bond motifs is 3. The Labute approximate surface area is 196 Å². The minimum absolute atomic E-state index is 0.00190. The Morgan fingerprint density at radius 1 is 1.18 bits per heavy atom. The number of piperazine rings is 1. The molecule has 0 unspecified atom stereocenters. The van der Waals surface area contributed by atoms with E-state index >= 15 is 0 Å². The maximum Gasteiger partial charge on any atom is 0.248 e. The van der Waals surface area contributed by atoms with Crippen LogP contribution >= 0.6 is 11.6 Å². The van der Waals surface area contributed by atoms with Gasteiger partial charge in [0.05, 0.1) is 5.52 Å². The van der Waals surface area contributed by atoms with E-state index in [-0.39, 0.29) is 18.6 Å². The van der Waals surface area contributed by atoms with Gasteiger partial charge in [-0.3, -0.25) is 4.79 Å². The lowest BCUT2D eigenvalue weighted by Gasteiger charge is -2.40. The second-order valence-corrected chi connectivity index (χ2v) is 8.82. The third kappa shape index (κ3) is 3.79. The molecule has 2 aromatic carbocycles. The van der Waals surface area contributed by atoms with E-state index in [1.807, 2.05) is 52.6 Å². The molecule has 170 valence electrons. The number of carbonyl (C=O) groups is 1. The lowest BCUT2D eigenvalue weighted by Crippen LogP contribution is -2.55. The summed E-state index contributed by atoms with van der Waals surface area (Å²) in [5.41, 5.74) is 3.61. The molecule has 0 aliphatic carbocycles. The van der Waals surface area contributed by atoms with Crippen molar-refractivity contribution in [3.8, 4) is 11.4 Å². The van der Waals surface area contributed by atoms with Crippen LogP contribution in [0.4, 0.5) is 5.95 Å². The highest BCUT2D eigenvalue weighted by molar-refractivity contribution is 6.31. The molecule has 1 saturated heterocycles. The molecule has 2 aromatic heterocycles. The summed E-state index contributed by atoms with van der Waals surface area (Å²) in [4.78, 5) is 21.5. The number of methoxy groups -OCH3 is 1. The molecule has 1 aliphatic heterocycles. The molecule has 8 nitrogen and oxygen atoms in total. The summed E-state index contributed by atoms with van der Waals surface area (Å²) >= 11 is 6.28. The van der Waals surface area contributed by atoms with Crippen molar-refractivity contribution in [1.29, 1.82) is 0 Å². The zero-order valence-corrected chi connectivity index (χ0v) is 19.6. The molecule has 5 rings (SSSR count). The van der Waals surface area contributed by atoms with Gasteiger partial charge in [-0.2, -0.15) is 0 Å².